The summed E-state index contributed by atoms with van der Waals surface area (Å²) in [5.41, 5.74) is 3.67. The smallest absolute Gasteiger partial charge is 0.269 e. The Morgan fingerprint density at radius 3 is 2.76 bits per heavy atom. The molecule has 0 saturated carbocycles. The lowest BCUT2D eigenvalue weighted by molar-refractivity contribution is 0.0946. The Morgan fingerprint density at radius 2 is 2.08 bits per heavy atom. The lowest BCUT2D eigenvalue weighted by Gasteiger charge is -2.02. The van der Waals surface area contributed by atoms with Gasteiger partial charge in [-0.2, -0.15) is 10.2 Å². The van der Waals surface area contributed by atoms with Crippen molar-refractivity contribution in [2.24, 2.45) is 0 Å². The number of nitrogens with zero attached hydrogens (tertiary/aromatic N) is 3. The number of H-pyrrole nitrogens is 1. The Bertz CT molecular complexity index is 916. The van der Waals surface area contributed by atoms with Crippen LogP contribution < -0.4 is 5.32 Å². The van der Waals surface area contributed by atoms with Crippen LogP contribution in [0.1, 0.15) is 28.7 Å². The maximum Gasteiger partial charge on any atom is 0.269 e. The van der Waals surface area contributed by atoms with E-state index in [0.29, 0.717) is 28.0 Å². The minimum atomic E-state index is -0.234. The fourth-order valence-electron chi connectivity index (χ4n) is 2.41. The average Bonchev–Trinajstić information content (AvgIpc) is 3.22. The molecule has 6 nitrogen and oxygen atoms in total. The van der Waals surface area contributed by atoms with Gasteiger partial charge in [-0.3, -0.25) is 14.6 Å². The summed E-state index contributed by atoms with van der Waals surface area (Å²) in [7, 11) is 0. The molecule has 0 bridgehead atoms. The van der Waals surface area contributed by atoms with Crippen molar-refractivity contribution >= 4 is 29.1 Å². The number of amides is 1. The van der Waals surface area contributed by atoms with Crippen LogP contribution in [-0.4, -0.2) is 25.9 Å². The average molecular weight is 378 g/mol. The number of carbonyl (C=O) groups excluding carboxylic acids is 1. The van der Waals surface area contributed by atoms with Gasteiger partial charge >= 0.3 is 0 Å². The Balaban J connectivity index is 1.70. The minimum Gasteiger partial charge on any atom is -0.347 e. The number of rotatable bonds is 5. The first-order chi connectivity index (χ1) is 12.0. The summed E-state index contributed by atoms with van der Waals surface area (Å²) in [5.74, 6) is -0.234. The minimum absolute atomic E-state index is 0.234. The number of hydrogen-bond donors (Lipinski definition) is 2. The third kappa shape index (κ3) is 3.86. The molecule has 0 atom stereocenters. The summed E-state index contributed by atoms with van der Waals surface area (Å²) < 4.78 is 1.84. The lowest BCUT2D eigenvalue weighted by atomic mass is 10.1. The monoisotopic (exact) mass is 377 g/mol. The highest BCUT2D eigenvalue weighted by Gasteiger charge is 2.13. The van der Waals surface area contributed by atoms with Gasteiger partial charge in [0.25, 0.3) is 5.91 Å². The van der Waals surface area contributed by atoms with Gasteiger partial charge in [0.2, 0.25) is 0 Å². The predicted octanol–water partition coefficient (Wildman–Crippen LogP) is 3.84. The van der Waals surface area contributed by atoms with E-state index in [1.165, 1.54) is 0 Å². The van der Waals surface area contributed by atoms with E-state index < -0.39 is 0 Å². The molecule has 0 fully saturated rings. The van der Waals surface area contributed by atoms with Crippen LogP contribution in [0, 0.1) is 6.92 Å². The number of carbonyl (C=O) groups is 1. The van der Waals surface area contributed by atoms with Crippen LogP contribution in [0.5, 0.6) is 0 Å². The maximum absolute atomic E-state index is 12.3. The zero-order chi connectivity index (χ0) is 18.0. The van der Waals surface area contributed by atoms with Crippen molar-refractivity contribution in [2.45, 2.75) is 26.9 Å². The topological polar surface area (TPSA) is 75.6 Å². The summed E-state index contributed by atoms with van der Waals surface area (Å²) in [4.78, 5) is 12.3. The van der Waals surface area contributed by atoms with E-state index in [1.54, 1.807) is 24.3 Å². The van der Waals surface area contributed by atoms with E-state index in [-0.39, 0.29) is 5.91 Å². The van der Waals surface area contributed by atoms with Gasteiger partial charge in [-0.1, -0.05) is 29.3 Å². The number of benzene rings is 1. The van der Waals surface area contributed by atoms with Crippen molar-refractivity contribution < 1.29 is 4.79 Å². The van der Waals surface area contributed by atoms with Crippen LogP contribution in [0.3, 0.4) is 0 Å². The van der Waals surface area contributed by atoms with Gasteiger partial charge in [0.05, 0.1) is 21.4 Å². The van der Waals surface area contributed by atoms with Crippen LogP contribution in [0.4, 0.5) is 0 Å². The molecule has 2 heterocycles. The summed E-state index contributed by atoms with van der Waals surface area (Å²) in [6, 6.07) is 6.89. The Hall–Kier alpha value is -2.31. The molecule has 0 aliphatic rings. The third-order valence-electron chi connectivity index (χ3n) is 3.85. The highest BCUT2D eigenvalue weighted by Crippen LogP contribution is 2.27. The SMILES string of the molecule is CCn1cc(CNC(=O)c2cc(-c3ccc(Cl)c(Cl)c3)n[nH]2)c(C)n1. The van der Waals surface area contributed by atoms with Crippen LogP contribution >= 0.6 is 23.2 Å². The molecule has 2 N–H and O–H groups in total. The zero-order valence-electron chi connectivity index (χ0n) is 13.8. The Labute approximate surface area is 155 Å². The van der Waals surface area contributed by atoms with Crippen molar-refractivity contribution in [3.63, 3.8) is 0 Å². The van der Waals surface area contributed by atoms with Crippen LogP contribution in [0.15, 0.2) is 30.5 Å². The quantitative estimate of drug-likeness (QED) is 0.708. The standard InChI is InChI=1S/C17H17Cl2N5O/c1-3-24-9-12(10(2)23-24)8-20-17(25)16-7-15(21-22-16)11-4-5-13(18)14(19)6-11/h4-7,9H,3,8H2,1-2H3,(H,20,25)(H,21,22). The predicted molar refractivity (Wildman–Crippen MR) is 97.9 cm³/mol. The van der Waals surface area contributed by atoms with Gasteiger partial charge in [0.1, 0.15) is 5.69 Å². The maximum atomic E-state index is 12.3. The number of aryl methyl sites for hydroxylation is 2. The van der Waals surface area contributed by atoms with Crippen LogP contribution in [0.25, 0.3) is 11.3 Å². The molecule has 1 amide bonds. The molecule has 8 heteroatoms. The van der Waals surface area contributed by atoms with Gasteiger partial charge in [-0.05, 0) is 32.0 Å². The molecule has 0 saturated heterocycles. The lowest BCUT2D eigenvalue weighted by Crippen LogP contribution is -2.23. The number of hydrogen-bond acceptors (Lipinski definition) is 3. The number of aromatic amines is 1. The number of halogens is 2. The number of nitrogens with one attached hydrogen (secondary N) is 2. The summed E-state index contributed by atoms with van der Waals surface area (Å²) in [6.07, 6.45) is 1.93. The molecule has 0 aliphatic carbocycles. The molecule has 3 rings (SSSR count). The van der Waals surface area contributed by atoms with Crippen molar-refractivity contribution in [2.75, 3.05) is 0 Å². The molecular formula is C17H17Cl2N5O. The summed E-state index contributed by atoms with van der Waals surface area (Å²) >= 11 is 11.9. The molecular weight excluding hydrogens is 361 g/mol. The molecule has 1 aromatic carbocycles. The van der Waals surface area contributed by atoms with Crippen molar-refractivity contribution in [3.05, 3.63) is 57.5 Å². The normalized spacial score (nSPS) is 10.9. The van der Waals surface area contributed by atoms with Crippen molar-refractivity contribution in [1.29, 1.82) is 0 Å². The molecule has 0 unspecified atom stereocenters. The van der Waals surface area contributed by atoms with E-state index in [1.807, 2.05) is 24.7 Å². The van der Waals surface area contributed by atoms with Gasteiger partial charge < -0.3 is 5.32 Å². The molecule has 0 aliphatic heterocycles. The molecule has 130 valence electrons. The zero-order valence-corrected chi connectivity index (χ0v) is 15.3. The van der Waals surface area contributed by atoms with E-state index in [4.69, 9.17) is 23.2 Å². The van der Waals surface area contributed by atoms with Gasteiger partial charge in [0.15, 0.2) is 0 Å². The van der Waals surface area contributed by atoms with Crippen molar-refractivity contribution in [3.8, 4) is 11.3 Å². The summed E-state index contributed by atoms with van der Waals surface area (Å²) in [5, 5.41) is 15.1. The molecule has 3 aromatic rings. The highest BCUT2D eigenvalue weighted by atomic mass is 35.5. The molecule has 2 aromatic heterocycles. The molecule has 25 heavy (non-hydrogen) atoms. The van der Waals surface area contributed by atoms with E-state index >= 15 is 0 Å². The third-order valence-corrected chi connectivity index (χ3v) is 4.59. The summed E-state index contributed by atoms with van der Waals surface area (Å²) in [6.45, 7) is 5.14. The second-order valence-corrected chi connectivity index (χ2v) is 6.39. The number of aromatic nitrogens is 4. The first-order valence-corrected chi connectivity index (χ1v) is 8.55. The van der Waals surface area contributed by atoms with Crippen molar-refractivity contribution in [1.82, 2.24) is 25.3 Å². The largest absolute Gasteiger partial charge is 0.347 e. The van der Waals surface area contributed by atoms with Gasteiger partial charge in [-0.25, -0.2) is 0 Å². The van der Waals surface area contributed by atoms with Crippen LogP contribution in [0.2, 0.25) is 10.0 Å². The second-order valence-electron chi connectivity index (χ2n) is 5.57. The Kier molecular flexibility index (Phi) is 5.11. The highest BCUT2D eigenvalue weighted by molar-refractivity contribution is 6.42. The van der Waals surface area contributed by atoms with Gasteiger partial charge in [-0.15, -0.1) is 0 Å². The molecule has 0 spiro atoms. The molecule has 0 radical (unpaired) electrons. The second kappa shape index (κ2) is 7.29. The fraction of sp³-hybridized carbons (Fsp3) is 0.235. The van der Waals surface area contributed by atoms with E-state index in [2.05, 4.69) is 20.6 Å². The van der Waals surface area contributed by atoms with E-state index in [0.717, 1.165) is 23.4 Å². The van der Waals surface area contributed by atoms with Gasteiger partial charge in [0, 0.05) is 30.4 Å². The van der Waals surface area contributed by atoms with Crippen LogP contribution in [-0.2, 0) is 13.1 Å². The Morgan fingerprint density at radius 1 is 1.28 bits per heavy atom. The first-order valence-electron chi connectivity index (χ1n) is 7.80. The fourth-order valence-corrected chi connectivity index (χ4v) is 2.70. The first kappa shape index (κ1) is 17.5. The van der Waals surface area contributed by atoms with E-state index in [9.17, 15) is 4.79 Å².